The molecule has 1 aliphatic heterocycles. The number of amides is 2. The van der Waals surface area contributed by atoms with Crippen molar-refractivity contribution in [3.8, 4) is 0 Å². The van der Waals surface area contributed by atoms with Gasteiger partial charge in [-0.2, -0.15) is 0 Å². The van der Waals surface area contributed by atoms with Crippen molar-refractivity contribution >= 4 is 42.3 Å². The third-order valence-electron chi connectivity index (χ3n) is 4.75. The second kappa shape index (κ2) is 12.8. The summed E-state index contributed by atoms with van der Waals surface area (Å²) in [6, 6.07) is 6.16. The molecule has 6 nitrogen and oxygen atoms in total. The number of nitrogens with one attached hydrogen (secondary N) is 2. The minimum atomic E-state index is -0.0471. The van der Waals surface area contributed by atoms with Gasteiger partial charge >= 0.3 is 0 Å². The summed E-state index contributed by atoms with van der Waals surface area (Å²) in [6.45, 7) is 5.96. The van der Waals surface area contributed by atoms with Crippen molar-refractivity contribution < 1.29 is 9.59 Å². The van der Waals surface area contributed by atoms with Crippen LogP contribution in [0.1, 0.15) is 36.8 Å². The Kier molecular flexibility index (Phi) is 12.1. The molecule has 0 bridgehead atoms. The van der Waals surface area contributed by atoms with Crippen LogP contribution in [0.3, 0.4) is 0 Å². The summed E-state index contributed by atoms with van der Waals surface area (Å²) in [6.07, 6.45) is 3.36. The average Bonchev–Trinajstić information content (AvgIpc) is 2.60. The summed E-state index contributed by atoms with van der Waals surface area (Å²) in [5, 5.41) is 6.19. The summed E-state index contributed by atoms with van der Waals surface area (Å²) in [4.78, 5) is 26.3. The van der Waals surface area contributed by atoms with E-state index in [4.69, 9.17) is 5.73 Å². The van der Waals surface area contributed by atoms with Crippen molar-refractivity contribution in [3.63, 3.8) is 0 Å². The molecule has 0 radical (unpaired) electrons. The number of benzene rings is 1. The minimum Gasteiger partial charge on any atom is -0.376 e. The Hall–Kier alpha value is -1.50. The Morgan fingerprint density at radius 1 is 1.19 bits per heavy atom. The van der Waals surface area contributed by atoms with Crippen molar-refractivity contribution in [1.29, 1.82) is 0 Å². The molecular weight excluding hydrogens is 387 g/mol. The zero-order valence-corrected chi connectivity index (χ0v) is 17.8. The lowest BCUT2D eigenvalue weighted by Crippen LogP contribution is -2.51. The average molecular weight is 419 g/mol. The van der Waals surface area contributed by atoms with Crippen LogP contribution in [0, 0.1) is 13.8 Å². The number of anilines is 1. The van der Waals surface area contributed by atoms with Gasteiger partial charge in [0.1, 0.15) is 0 Å². The zero-order chi connectivity index (χ0) is 18.2. The highest BCUT2D eigenvalue weighted by molar-refractivity contribution is 5.85. The molecule has 0 spiro atoms. The van der Waals surface area contributed by atoms with E-state index < -0.39 is 0 Å². The molecule has 4 N–H and O–H groups in total. The normalized spacial score (nSPS) is 16.0. The molecule has 1 unspecified atom stereocenters. The third kappa shape index (κ3) is 7.56. The van der Waals surface area contributed by atoms with Crippen LogP contribution in [0.5, 0.6) is 0 Å². The van der Waals surface area contributed by atoms with Crippen molar-refractivity contribution in [1.82, 2.24) is 10.2 Å². The highest BCUT2D eigenvalue weighted by Gasteiger charge is 2.26. The molecule has 0 saturated carbocycles. The number of aryl methyl sites for hydroxylation is 2. The quantitative estimate of drug-likeness (QED) is 0.634. The molecule has 8 heteroatoms. The maximum absolute atomic E-state index is 12.7. The van der Waals surface area contributed by atoms with Gasteiger partial charge in [0.05, 0.1) is 6.54 Å². The van der Waals surface area contributed by atoms with Crippen molar-refractivity contribution in [3.05, 3.63) is 29.3 Å². The van der Waals surface area contributed by atoms with Crippen LogP contribution in [0.2, 0.25) is 0 Å². The molecular formula is C19H32Cl2N4O2. The first-order valence-corrected chi connectivity index (χ1v) is 9.09. The van der Waals surface area contributed by atoms with Crippen molar-refractivity contribution in [2.75, 3.05) is 31.5 Å². The lowest BCUT2D eigenvalue weighted by Gasteiger charge is -2.36. The van der Waals surface area contributed by atoms with Gasteiger partial charge in [-0.15, -0.1) is 24.8 Å². The molecule has 1 saturated heterocycles. The van der Waals surface area contributed by atoms with E-state index in [-0.39, 0.29) is 49.2 Å². The molecule has 0 aliphatic carbocycles. The third-order valence-corrected chi connectivity index (χ3v) is 4.75. The second-order valence-electron chi connectivity index (χ2n) is 6.70. The van der Waals surface area contributed by atoms with Gasteiger partial charge in [-0.3, -0.25) is 9.59 Å². The van der Waals surface area contributed by atoms with Gasteiger partial charge in [-0.05, 0) is 44.2 Å². The second-order valence-corrected chi connectivity index (χ2v) is 6.70. The van der Waals surface area contributed by atoms with Crippen molar-refractivity contribution in [2.24, 2.45) is 5.73 Å². The van der Waals surface area contributed by atoms with E-state index in [9.17, 15) is 9.59 Å². The molecule has 27 heavy (non-hydrogen) atoms. The summed E-state index contributed by atoms with van der Waals surface area (Å²) in [5.41, 5.74) is 8.70. The molecule has 1 aromatic carbocycles. The number of hydrogen-bond acceptors (Lipinski definition) is 4. The maximum atomic E-state index is 12.7. The number of rotatable bonds is 7. The molecule has 1 aliphatic rings. The van der Waals surface area contributed by atoms with Crippen LogP contribution in [0.25, 0.3) is 0 Å². The number of likely N-dealkylation sites (tertiary alicyclic amines) is 1. The Bertz CT molecular complexity index is 593. The van der Waals surface area contributed by atoms with Gasteiger partial charge in [-0.1, -0.05) is 18.2 Å². The first kappa shape index (κ1) is 25.5. The van der Waals surface area contributed by atoms with Gasteiger partial charge in [-0.25, -0.2) is 0 Å². The first-order chi connectivity index (χ1) is 12.0. The van der Waals surface area contributed by atoms with E-state index in [2.05, 4.69) is 10.6 Å². The predicted octanol–water partition coefficient (Wildman–Crippen LogP) is 2.41. The van der Waals surface area contributed by atoms with Gasteiger partial charge in [0, 0.05) is 37.8 Å². The van der Waals surface area contributed by atoms with Crippen molar-refractivity contribution in [2.45, 2.75) is 45.6 Å². The molecule has 154 valence electrons. The lowest BCUT2D eigenvalue weighted by atomic mass is 10.0. The lowest BCUT2D eigenvalue weighted by molar-refractivity contribution is -0.133. The summed E-state index contributed by atoms with van der Waals surface area (Å²) in [5.74, 6) is 0.0366. The zero-order valence-electron chi connectivity index (χ0n) is 16.1. The van der Waals surface area contributed by atoms with Crippen LogP contribution in [0.4, 0.5) is 5.69 Å². The molecule has 1 heterocycles. The van der Waals surface area contributed by atoms with Gasteiger partial charge in [0.2, 0.25) is 11.8 Å². The molecule has 0 aromatic heterocycles. The van der Waals surface area contributed by atoms with E-state index in [1.165, 1.54) is 0 Å². The van der Waals surface area contributed by atoms with Crippen LogP contribution >= 0.6 is 24.8 Å². The van der Waals surface area contributed by atoms with Gasteiger partial charge in [0.25, 0.3) is 0 Å². The fourth-order valence-electron chi connectivity index (χ4n) is 3.35. The SMILES string of the molecule is Cc1cccc(C)c1NCC(=O)N1CCCCC1CNC(=O)CCN.Cl.Cl. The number of piperidine rings is 1. The highest BCUT2D eigenvalue weighted by atomic mass is 35.5. The van der Waals surface area contributed by atoms with E-state index in [1.54, 1.807) is 0 Å². The summed E-state index contributed by atoms with van der Waals surface area (Å²) in [7, 11) is 0. The molecule has 2 rings (SSSR count). The number of nitrogens with two attached hydrogens (primary N) is 1. The Morgan fingerprint density at radius 3 is 2.48 bits per heavy atom. The van der Waals surface area contributed by atoms with Crippen LogP contribution in [0.15, 0.2) is 18.2 Å². The first-order valence-electron chi connectivity index (χ1n) is 9.09. The number of carbonyl (C=O) groups excluding carboxylic acids is 2. The standard InChI is InChI=1S/C19H30N4O2.2ClH/c1-14-6-5-7-15(2)19(14)22-13-18(25)23-11-4-3-8-16(23)12-21-17(24)9-10-20;;/h5-7,16,22H,3-4,8-13,20H2,1-2H3,(H,21,24);2*1H. The van der Waals surface area contributed by atoms with Gasteiger partial charge in [0.15, 0.2) is 0 Å². The van der Waals surface area contributed by atoms with Gasteiger partial charge < -0.3 is 21.3 Å². The minimum absolute atomic E-state index is 0. The number of hydrogen-bond donors (Lipinski definition) is 3. The van der Waals surface area contributed by atoms with Crippen LogP contribution in [-0.2, 0) is 9.59 Å². The van der Waals surface area contributed by atoms with E-state index in [0.29, 0.717) is 19.5 Å². The number of halogens is 2. The summed E-state index contributed by atoms with van der Waals surface area (Å²) < 4.78 is 0. The monoisotopic (exact) mass is 418 g/mol. The molecule has 1 atom stereocenters. The van der Waals surface area contributed by atoms with Crippen LogP contribution in [-0.4, -0.2) is 48.9 Å². The molecule has 1 fully saturated rings. The smallest absolute Gasteiger partial charge is 0.242 e. The van der Waals surface area contributed by atoms with Crippen LogP contribution < -0.4 is 16.4 Å². The number of para-hydroxylation sites is 1. The topological polar surface area (TPSA) is 87.5 Å². The highest BCUT2D eigenvalue weighted by Crippen LogP contribution is 2.20. The predicted molar refractivity (Wildman–Crippen MR) is 115 cm³/mol. The number of nitrogens with zero attached hydrogens (tertiary/aromatic N) is 1. The fraction of sp³-hybridized carbons (Fsp3) is 0.579. The Labute approximate surface area is 174 Å². The fourth-order valence-corrected chi connectivity index (χ4v) is 3.35. The largest absolute Gasteiger partial charge is 0.376 e. The number of carbonyl (C=O) groups is 2. The Balaban J connectivity index is 0.00000338. The summed E-state index contributed by atoms with van der Waals surface area (Å²) >= 11 is 0. The van der Waals surface area contributed by atoms with E-state index in [0.717, 1.165) is 42.6 Å². The van der Waals surface area contributed by atoms with E-state index in [1.807, 2.05) is 36.9 Å². The Morgan fingerprint density at radius 2 is 1.85 bits per heavy atom. The maximum Gasteiger partial charge on any atom is 0.242 e. The molecule has 2 amide bonds. The van der Waals surface area contributed by atoms with E-state index >= 15 is 0 Å². The molecule has 1 aromatic rings.